The van der Waals surface area contributed by atoms with Crippen LogP contribution >= 0.6 is 12.4 Å². The van der Waals surface area contributed by atoms with Gasteiger partial charge in [-0.1, -0.05) is 13.3 Å². The molecule has 0 fully saturated rings. The highest BCUT2D eigenvalue weighted by molar-refractivity contribution is 5.85. The lowest BCUT2D eigenvalue weighted by molar-refractivity contribution is -0.284. The van der Waals surface area contributed by atoms with E-state index in [1.54, 1.807) is 0 Å². The van der Waals surface area contributed by atoms with Crippen molar-refractivity contribution < 1.29 is 22.0 Å². The van der Waals surface area contributed by atoms with Crippen molar-refractivity contribution in [3.63, 3.8) is 0 Å². The summed E-state index contributed by atoms with van der Waals surface area (Å²) in [6, 6.07) is 0. The Labute approximate surface area is 73.3 Å². The van der Waals surface area contributed by atoms with Crippen molar-refractivity contribution in [2.75, 3.05) is 0 Å². The lowest BCUT2D eigenvalue weighted by Crippen LogP contribution is -2.35. The molecular formula is C5H11ClF5N. The second kappa shape index (κ2) is 5.53. The van der Waals surface area contributed by atoms with Gasteiger partial charge in [0.15, 0.2) is 0 Å². The zero-order valence-corrected chi connectivity index (χ0v) is 7.24. The summed E-state index contributed by atoms with van der Waals surface area (Å²) in [6.07, 6.45) is -6.69. The summed E-state index contributed by atoms with van der Waals surface area (Å²) in [4.78, 5) is 0. The smallest absolute Gasteiger partial charge is 0.344 e. The Morgan fingerprint density at radius 2 is 1.33 bits per heavy atom. The molecule has 0 bridgehead atoms. The predicted molar refractivity (Wildman–Crippen MR) is 38.2 cm³/mol. The average molecular weight is 216 g/mol. The van der Waals surface area contributed by atoms with Crippen LogP contribution in [0.5, 0.6) is 0 Å². The molecule has 0 aliphatic rings. The molecule has 0 aromatic rings. The highest BCUT2D eigenvalue weighted by Crippen LogP contribution is 2.38. The van der Waals surface area contributed by atoms with Gasteiger partial charge in [-0.15, -0.1) is 12.4 Å². The molecule has 78 valence electrons. The molecule has 12 heavy (non-hydrogen) atoms. The Hall–Kier alpha value is -0.100. The van der Waals surface area contributed by atoms with Crippen LogP contribution in [0, 0.1) is 0 Å². The van der Waals surface area contributed by atoms with Crippen LogP contribution in [0.4, 0.5) is 22.0 Å². The highest BCUT2D eigenvalue weighted by atomic mass is 35.5. The number of halogens is 6. The monoisotopic (exact) mass is 215 g/mol. The summed E-state index contributed by atoms with van der Waals surface area (Å²) >= 11 is 0. The van der Waals surface area contributed by atoms with Gasteiger partial charge in [-0.05, 0) is 0 Å². The Morgan fingerprint density at radius 3 is 1.42 bits per heavy atom. The van der Waals surface area contributed by atoms with E-state index in [1.807, 2.05) is 0 Å². The maximum atomic E-state index is 11.8. The van der Waals surface area contributed by atoms with Gasteiger partial charge in [0.25, 0.3) is 0 Å². The molecule has 0 aromatic carbocycles. The molecule has 0 saturated heterocycles. The second-order valence-electron chi connectivity index (χ2n) is 1.95. The molecule has 7 heteroatoms. The van der Waals surface area contributed by atoms with Gasteiger partial charge < -0.3 is 6.15 Å². The predicted octanol–water partition coefficient (Wildman–Crippen LogP) is 3.57. The third kappa shape index (κ3) is 4.71. The first kappa shape index (κ1) is 17.8. The number of rotatable bonds is 2. The van der Waals surface area contributed by atoms with E-state index in [2.05, 4.69) is 0 Å². The van der Waals surface area contributed by atoms with E-state index in [1.165, 1.54) is 6.92 Å². The average Bonchev–Trinajstić information content (AvgIpc) is 1.61. The lowest BCUT2D eigenvalue weighted by Gasteiger charge is -2.18. The van der Waals surface area contributed by atoms with Crippen molar-refractivity contribution in [2.45, 2.75) is 31.9 Å². The Morgan fingerprint density at radius 1 is 1.00 bits per heavy atom. The first-order valence-corrected chi connectivity index (χ1v) is 2.76. The van der Waals surface area contributed by atoms with E-state index in [4.69, 9.17) is 0 Å². The SMILES string of the molecule is CCCC(F)(F)C(F)(F)F.Cl.N. The molecule has 0 rings (SSSR count). The van der Waals surface area contributed by atoms with Crippen molar-refractivity contribution in [3.8, 4) is 0 Å². The van der Waals surface area contributed by atoms with E-state index < -0.39 is 18.5 Å². The van der Waals surface area contributed by atoms with Gasteiger partial charge in [0.1, 0.15) is 0 Å². The normalized spacial score (nSPS) is 11.5. The minimum absolute atomic E-state index is 0. The van der Waals surface area contributed by atoms with E-state index >= 15 is 0 Å². The van der Waals surface area contributed by atoms with Crippen molar-refractivity contribution in [1.82, 2.24) is 6.15 Å². The van der Waals surface area contributed by atoms with Crippen LogP contribution < -0.4 is 6.15 Å². The van der Waals surface area contributed by atoms with Crippen LogP contribution in [0.15, 0.2) is 0 Å². The van der Waals surface area contributed by atoms with Crippen LogP contribution in [0.3, 0.4) is 0 Å². The van der Waals surface area contributed by atoms with Gasteiger partial charge >= 0.3 is 12.1 Å². The molecule has 0 atom stereocenters. The molecule has 0 heterocycles. The molecule has 0 radical (unpaired) electrons. The molecule has 0 amide bonds. The standard InChI is InChI=1S/C5H7F5.ClH.H3N/c1-2-3-4(6,7)5(8,9)10;;/h2-3H2,1H3;1H;1H3. The topological polar surface area (TPSA) is 35.0 Å². The molecule has 0 spiro atoms. The summed E-state index contributed by atoms with van der Waals surface area (Å²) in [5.41, 5.74) is 0. The van der Waals surface area contributed by atoms with Gasteiger partial charge in [-0.2, -0.15) is 22.0 Å². The summed E-state index contributed by atoms with van der Waals surface area (Å²) in [5.74, 6) is -4.51. The first-order valence-electron chi connectivity index (χ1n) is 2.76. The fourth-order valence-corrected chi connectivity index (χ4v) is 0.456. The summed E-state index contributed by atoms with van der Waals surface area (Å²) < 4.78 is 57.4. The number of hydrogen-bond acceptors (Lipinski definition) is 1. The van der Waals surface area contributed by atoms with Gasteiger partial charge in [0.2, 0.25) is 0 Å². The van der Waals surface area contributed by atoms with Crippen molar-refractivity contribution in [2.24, 2.45) is 0 Å². The summed E-state index contributed by atoms with van der Waals surface area (Å²) in [5, 5.41) is 0. The van der Waals surface area contributed by atoms with Gasteiger partial charge in [-0.3, -0.25) is 0 Å². The maximum absolute atomic E-state index is 11.8. The van der Waals surface area contributed by atoms with Gasteiger partial charge in [-0.25, -0.2) is 0 Å². The van der Waals surface area contributed by atoms with E-state index in [-0.39, 0.29) is 25.0 Å². The third-order valence-corrected chi connectivity index (χ3v) is 0.979. The van der Waals surface area contributed by atoms with Crippen molar-refractivity contribution in [1.29, 1.82) is 0 Å². The van der Waals surface area contributed by atoms with Crippen LogP contribution in [0.1, 0.15) is 19.8 Å². The molecule has 1 nitrogen and oxygen atoms in total. The van der Waals surface area contributed by atoms with Gasteiger partial charge in [0.05, 0.1) is 0 Å². The maximum Gasteiger partial charge on any atom is 0.453 e. The fourth-order valence-electron chi connectivity index (χ4n) is 0.456. The molecule has 0 aliphatic heterocycles. The van der Waals surface area contributed by atoms with Gasteiger partial charge in [0, 0.05) is 6.42 Å². The Bertz CT molecular complexity index is 113. The molecule has 0 unspecified atom stereocenters. The van der Waals surface area contributed by atoms with Crippen molar-refractivity contribution >= 4 is 12.4 Å². The minimum atomic E-state index is -5.39. The fraction of sp³-hybridized carbons (Fsp3) is 1.00. The molecule has 0 aliphatic carbocycles. The largest absolute Gasteiger partial charge is 0.453 e. The molecule has 0 aromatic heterocycles. The van der Waals surface area contributed by atoms with Crippen LogP contribution in [-0.2, 0) is 0 Å². The summed E-state index contributed by atoms with van der Waals surface area (Å²) in [6.45, 7) is 1.28. The van der Waals surface area contributed by atoms with Crippen LogP contribution in [-0.4, -0.2) is 12.1 Å². The Kier molecular flexibility index (Phi) is 8.22. The van der Waals surface area contributed by atoms with E-state index in [0.29, 0.717) is 0 Å². The Balaban J connectivity index is -0.000000405. The molecule has 3 N–H and O–H groups in total. The zero-order valence-electron chi connectivity index (χ0n) is 6.42. The second-order valence-corrected chi connectivity index (χ2v) is 1.95. The molecular weight excluding hydrogens is 205 g/mol. The number of hydrogen-bond donors (Lipinski definition) is 1. The number of alkyl halides is 5. The van der Waals surface area contributed by atoms with E-state index in [0.717, 1.165) is 0 Å². The highest BCUT2D eigenvalue weighted by Gasteiger charge is 2.56. The van der Waals surface area contributed by atoms with E-state index in [9.17, 15) is 22.0 Å². The van der Waals surface area contributed by atoms with Crippen LogP contribution in [0.2, 0.25) is 0 Å². The molecule has 0 saturated carbocycles. The zero-order chi connectivity index (χ0) is 8.41. The lowest BCUT2D eigenvalue weighted by atomic mass is 10.2. The minimum Gasteiger partial charge on any atom is -0.344 e. The van der Waals surface area contributed by atoms with Crippen LogP contribution in [0.25, 0.3) is 0 Å². The third-order valence-electron chi connectivity index (χ3n) is 0.979. The quantitative estimate of drug-likeness (QED) is 0.702. The first-order chi connectivity index (χ1) is 4.31. The van der Waals surface area contributed by atoms with Crippen molar-refractivity contribution in [3.05, 3.63) is 0 Å². The summed E-state index contributed by atoms with van der Waals surface area (Å²) in [7, 11) is 0.